The lowest BCUT2D eigenvalue weighted by Gasteiger charge is -2.31. The van der Waals surface area contributed by atoms with E-state index in [0.29, 0.717) is 25.3 Å². The fraction of sp³-hybridized carbons (Fsp3) is 0.500. The van der Waals surface area contributed by atoms with Gasteiger partial charge in [0, 0.05) is 36.9 Å². The number of carboxylic acids is 1. The summed E-state index contributed by atoms with van der Waals surface area (Å²) in [4.78, 5) is 30.4. The number of carboxylic acid groups (broad SMARTS) is 1. The lowest BCUT2D eigenvalue weighted by Crippen LogP contribution is -2.39. The summed E-state index contributed by atoms with van der Waals surface area (Å²) in [7, 11) is 0. The van der Waals surface area contributed by atoms with Gasteiger partial charge in [0.1, 0.15) is 11.3 Å². The molecule has 2 aromatic rings. The van der Waals surface area contributed by atoms with E-state index in [1.54, 1.807) is 16.2 Å². The monoisotopic (exact) mass is 362 g/mol. The Morgan fingerprint density at radius 1 is 1.40 bits per heavy atom. The van der Waals surface area contributed by atoms with Crippen molar-refractivity contribution < 1.29 is 19.1 Å². The first kappa shape index (κ1) is 17.7. The number of nitrogens with zero attached hydrogens (tertiary/aromatic N) is 2. The van der Waals surface area contributed by atoms with Gasteiger partial charge >= 0.3 is 5.97 Å². The smallest absolute Gasteiger partial charge is 0.339 e. The Labute approximate surface area is 150 Å². The molecule has 1 saturated heterocycles. The van der Waals surface area contributed by atoms with Crippen molar-refractivity contribution in [2.45, 2.75) is 45.4 Å². The Kier molecular flexibility index (Phi) is 5.22. The highest BCUT2D eigenvalue weighted by molar-refractivity contribution is 7.09. The summed E-state index contributed by atoms with van der Waals surface area (Å²) in [6.07, 6.45) is 3.27. The topological polar surface area (TPSA) is 83.6 Å². The van der Waals surface area contributed by atoms with Crippen LogP contribution >= 0.6 is 11.3 Å². The van der Waals surface area contributed by atoms with Crippen molar-refractivity contribution in [2.75, 3.05) is 13.1 Å². The van der Waals surface area contributed by atoms with Crippen molar-refractivity contribution in [1.29, 1.82) is 0 Å². The minimum Gasteiger partial charge on any atom is -0.478 e. The number of piperidine rings is 1. The van der Waals surface area contributed by atoms with Crippen molar-refractivity contribution in [3.63, 3.8) is 0 Å². The molecule has 1 aliphatic heterocycles. The summed E-state index contributed by atoms with van der Waals surface area (Å²) < 4.78 is 5.52. The predicted octanol–water partition coefficient (Wildman–Crippen LogP) is 3.58. The second-order valence-corrected chi connectivity index (χ2v) is 7.12. The number of thiazole rings is 1. The first-order chi connectivity index (χ1) is 12.0. The third-order valence-corrected chi connectivity index (χ3v) is 5.62. The van der Waals surface area contributed by atoms with Gasteiger partial charge in [0.25, 0.3) is 5.91 Å². The third kappa shape index (κ3) is 3.61. The molecule has 0 aromatic carbocycles. The van der Waals surface area contributed by atoms with Gasteiger partial charge in [0.2, 0.25) is 0 Å². The number of aryl methyl sites for hydroxylation is 2. The fourth-order valence-electron chi connectivity index (χ4n) is 3.17. The van der Waals surface area contributed by atoms with Crippen LogP contribution in [-0.4, -0.2) is 40.0 Å². The van der Waals surface area contributed by atoms with E-state index in [4.69, 9.17) is 4.42 Å². The molecule has 0 aliphatic carbocycles. The Bertz CT molecular complexity index is 780. The number of amides is 1. The molecule has 0 spiro atoms. The zero-order chi connectivity index (χ0) is 18.0. The highest BCUT2D eigenvalue weighted by Crippen LogP contribution is 2.30. The van der Waals surface area contributed by atoms with Gasteiger partial charge in [-0.3, -0.25) is 4.79 Å². The van der Waals surface area contributed by atoms with Gasteiger partial charge in [-0.15, -0.1) is 11.3 Å². The maximum absolute atomic E-state index is 12.8. The van der Waals surface area contributed by atoms with Gasteiger partial charge in [-0.25, -0.2) is 9.78 Å². The predicted molar refractivity (Wildman–Crippen MR) is 94.4 cm³/mol. The van der Waals surface area contributed by atoms with Crippen LogP contribution in [0.1, 0.15) is 70.0 Å². The molecule has 1 fully saturated rings. The molecule has 0 bridgehead atoms. The Balaban J connectivity index is 1.77. The summed E-state index contributed by atoms with van der Waals surface area (Å²) in [5, 5.41) is 12.4. The van der Waals surface area contributed by atoms with Crippen molar-refractivity contribution in [1.82, 2.24) is 9.88 Å². The number of hydrogen-bond acceptors (Lipinski definition) is 5. The highest BCUT2D eigenvalue weighted by atomic mass is 32.1. The van der Waals surface area contributed by atoms with E-state index < -0.39 is 5.97 Å². The number of aromatic nitrogens is 1. The highest BCUT2D eigenvalue weighted by Gasteiger charge is 2.30. The summed E-state index contributed by atoms with van der Waals surface area (Å²) in [5.74, 6) is -0.604. The molecule has 1 atom stereocenters. The Hall–Kier alpha value is -2.15. The minimum atomic E-state index is -1.06. The first-order valence-corrected chi connectivity index (χ1v) is 9.51. The van der Waals surface area contributed by atoms with Crippen molar-refractivity contribution in [2.24, 2.45) is 0 Å². The maximum Gasteiger partial charge on any atom is 0.339 e. The molecule has 2 aromatic heterocycles. The number of aromatic carboxylic acids is 1. The van der Waals surface area contributed by atoms with Crippen LogP contribution in [0, 0.1) is 0 Å². The molecule has 1 unspecified atom stereocenters. The normalized spacial score (nSPS) is 17.7. The number of rotatable bonds is 5. The van der Waals surface area contributed by atoms with E-state index >= 15 is 0 Å². The van der Waals surface area contributed by atoms with Gasteiger partial charge in [0.05, 0.1) is 10.7 Å². The quantitative estimate of drug-likeness (QED) is 0.879. The maximum atomic E-state index is 12.8. The Morgan fingerprint density at radius 3 is 2.80 bits per heavy atom. The summed E-state index contributed by atoms with van der Waals surface area (Å²) in [5.41, 5.74) is 1.17. The van der Waals surface area contributed by atoms with Crippen LogP contribution in [0.15, 0.2) is 15.9 Å². The van der Waals surface area contributed by atoms with E-state index in [2.05, 4.69) is 17.3 Å². The molecule has 7 heteroatoms. The largest absolute Gasteiger partial charge is 0.478 e. The number of furan rings is 1. The molecule has 1 aliphatic rings. The van der Waals surface area contributed by atoms with Crippen LogP contribution in [0.5, 0.6) is 0 Å². The van der Waals surface area contributed by atoms with Crippen molar-refractivity contribution >= 4 is 23.2 Å². The van der Waals surface area contributed by atoms with Crippen LogP contribution in [0.3, 0.4) is 0 Å². The van der Waals surface area contributed by atoms with Crippen molar-refractivity contribution in [3.05, 3.63) is 39.2 Å². The molecule has 25 heavy (non-hydrogen) atoms. The zero-order valence-corrected chi connectivity index (χ0v) is 15.3. The number of carbonyl (C=O) groups is 2. The molecule has 1 amide bonds. The molecule has 3 heterocycles. The van der Waals surface area contributed by atoms with E-state index in [-0.39, 0.29) is 23.1 Å². The van der Waals surface area contributed by atoms with E-state index in [9.17, 15) is 14.7 Å². The van der Waals surface area contributed by atoms with Gasteiger partial charge in [-0.05, 0) is 19.3 Å². The lowest BCUT2D eigenvalue weighted by atomic mass is 9.98. The lowest BCUT2D eigenvalue weighted by molar-refractivity contribution is 0.0669. The minimum absolute atomic E-state index is 0.0759. The molecule has 6 nitrogen and oxygen atoms in total. The first-order valence-electron chi connectivity index (χ1n) is 8.63. The SMILES string of the molecule is CCc1csc(C2CCCN(C(=O)c3cc(C(=O)O)c(CC)o3)C2)n1. The van der Waals surface area contributed by atoms with Crippen LogP contribution in [0.25, 0.3) is 0 Å². The van der Waals surface area contributed by atoms with Crippen molar-refractivity contribution in [3.8, 4) is 0 Å². The molecular weight excluding hydrogens is 340 g/mol. The average molecular weight is 362 g/mol. The van der Waals surface area contributed by atoms with E-state index in [0.717, 1.165) is 30.0 Å². The Morgan fingerprint density at radius 2 is 2.20 bits per heavy atom. The van der Waals surface area contributed by atoms with Crippen LogP contribution in [0.4, 0.5) is 0 Å². The van der Waals surface area contributed by atoms with Gasteiger partial charge in [-0.1, -0.05) is 13.8 Å². The van der Waals surface area contributed by atoms with Gasteiger partial charge in [0.15, 0.2) is 5.76 Å². The molecule has 1 N–H and O–H groups in total. The molecular formula is C18H22N2O4S. The standard InChI is InChI=1S/C18H22N2O4S/c1-3-12-10-25-16(19-12)11-6-5-7-20(9-11)17(21)15-8-13(18(22)23)14(4-2)24-15/h8,10-11H,3-7,9H2,1-2H3,(H,22,23). The fourth-order valence-corrected chi connectivity index (χ4v) is 4.20. The van der Waals surface area contributed by atoms with Crippen LogP contribution in [-0.2, 0) is 12.8 Å². The van der Waals surface area contributed by atoms with Gasteiger partial charge in [-0.2, -0.15) is 0 Å². The second-order valence-electron chi connectivity index (χ2n) is 6.23. The molecule has 0 radical (unpaired) electrons. The third-order valence-electron chi connectivity index (χ3n) is 4.56. The second kappa shape index (κ2) is 7.39. The number of hydrogen-bond donors (Lipinski definition) is 1. The van der Waals surface area contributed by atoms with Gasteiger partial charge < -0.3 is 14.4 Å². The molecule has 3 rings (SSSR count). The molecule has 0 saturated carbocycles. The summed E-state index contributed by atoms with van der Waals surface area (Å²) in [6, 6.07) is 1.35. The van der Waals surface area contributed by atoms with Crippen LogP contribution in [0.2, 0.25) is 0 Å². The average Bonchev–Trinajstić information content (AvgIpc) is 3.28. The number of likely N-dealkylation sites (tertiary alicyclic amines) is 1. The zero-order valence-electron chi connectivity index (χ0n) is 14.4. The van der Waals surface area contributed by atoms with E-state index in [1.165, 1.54) is 6.07 Å². The number of carbonyl (C=O) groups excluding carboxylic acids is 1. The summed E-state index contributed by atoms with van der Waals surface area (Å²) >= 11 is 1.65. The van der Waals surface area contributed by atoms with Crippen LogP contribution < -0.4 is 0 Å². The summed E-state index contributed by atoms with van der Waals surface area (Å²) in [6.45, 7) is 5.15. The van der Waals surface area contributed by atoms with E-state index in [1.807, 2.05) is 6.92 Å². The molecule has 134 valence electrons.